The van der Waals surface area contributed by atoms with Crippen molar-refractivity contribution >= 4 is 17.6 Å². The average molecular weight is 341 g/mol. The smallest absolute Gasteiger partial charge is 0.330 e. The maximum absolute atomic E-state index is 12.0. The van der Waals surface area contributed by atoms with Gasteiger partial charge in [-0.1, -0.05) is 30.7 Å². The summed E-state index contributed by atoms with van der Waals surface area (Å²) in [5, 5.41) is 7.25. The molecule has 2 aromatic rings. The average Bonchev–Trinajstić information content (AvgIpc) is 2.87. The van der Waals surface area contributed by atoms with Gasteiger partial charge in [0, 0.05) is 6.08 Å². The fourth-order valence-electron chi connectivity index (χ4n) is 2.34. The molecular formula is C19H23N3O3. The predicted molar refractivity (Wildman–Crippen MR) is 96.8 cm³/mol. The van der Waals surface area contributed by atoms with Crippen LogP contribution < -0.4 is 5.32 Å². The number of anilines is 1. The van der Waals surface area contributed by atoms with Crippen molar-refractivity contribution in [1.29, 1.82) is 0 Å². The van der Waals surface area contributed by atoms with Gasteiger partial charge in [0.15, 0.2) is 6.61 Å². The molecule has 2 rings (SSSR count). The summed E-state index contributed by atoms with van der Waals surface area (Å²) in [5.41, 5.74) is 4.22. The summed E-state index contributed by atoms with van der Waals surface area (Å²) in [6.45, 7) is 7.30. The Morgan fingerprint density at radius 1 is 1.20 bits per heavy atom. The van der Waals surface area contributed by atoms with Crippen molar-refractivity contribution in [1.82, 2.24) is 9.78 Å². The van der Waals surface area contributed by atoms with Crippen LogP contribution in [0.15, 0.2) is 36.4 Å². The quantitative estimate of drug-likeness (QED) is 0.646. The van der Waals surface area contributed by atoms with Gasteiger partial charge in [-0.3, -0.25) is 4.79 Å². The third-order valence-electron chi connectivity index (χ3n) is 3.67. The molecule has 132 valence electrons. The molecule has 6 heteroatoms. The number of nitrogens with zero attached hydrogens (tertiary/aromatic N) is 2. The van der Waals surface area contributed by atoms with Crippen molar-refractivity contribution in [2.75, 3.05) is 11.9 Å². The molecule has 1 N–H and O–H groups in total. The van der Waals surface area contributed by atoms with Crippen molar-refractivity contribution in [3.8, 4) is 5.69 Å². The van der Waals surface area contributed by atoms with Gasteiger partial charge in [0.2, 0.25) is 0 Å². The van der Waals surface area contributed by atoms with Crippen LogP contribution in [0.1, 0.15) is 30.3 Å². The molecule has 0 radical (unpaired) electrons. The summed E-state index contributed by atoms with van der Waals surface area (Å²) < 4.78 is 6.68. The van der Waals surface area contributed by atoms with Gasteiger partial charge in [-0.05, 0) is 39.3 Å². The van der Waals surface area contributed by atoms with E-state index in [4.69, 9.17) is 4.74 Å². The van der Waals surface area contributed by atoms with Crippen molar-refractivity contribution in [3.63, 3.8) is 0 Å². The summed E-state index contributed by atoms with van der Waals surface area (Å²) in [6.07, 6.45) is 3.73. The van der Waals surface area contributed by atoms with E-state index in [1.807, 2.05) is 52.0 Å². The van der Waals surface area contributed by atoms with E-state index in [2.05, 4.69) is 10.4 Å². The van der Waals surface area contributed by atoms with E-state index in [1.54, 1.807) is 10.8 Å². The summed E-state index contributed by atoms with van der Waals surface area (Å²) in [7, 11) is 0. The number of nitrogens with one attached hydrogen (secondary N) is 1. The van der Waals surface area contributed by atoms with E-state index < -0.39 is 11.9 Å². The second-order valence-corrected chi connectivity index (χ2v) is 5.76. The van der Waals surface area contributed by atoms with Gasteiger partial charge in [0.1, 0.15) is 0 Å². The zero-order valence-electron chi connectivity index (χ0n) is 15.0. The summed E-state index contributed by atoms with van der Waals surface area (Å²) in [6, 6.07) is 7.96. The Labute approximate surface area is 147 Å². The standard InChI is InChI=1S/C19H23N3O3/c1-5-6-7-18(24)25-12-17(23)20-19-14(3)21-22(15(19)4)16-10-8-13(2)9-11-16/h6-11H,5,12H2,1-4H3,(H,20,23)/b7-6+. The van der Waals surface area contributed by atoms with Gasteiger partial charge in [-0.25, -0.2) is 9.48 Å². The highest BCUT2D eigenvalue weighted by Crippen LogP contribution is 2.23. The van der Waals surface area contributed by atoms with Gasteiger partial charge in [-0.15, -0.1) is 0 Å². The topological polar surface area (TPSA) is 73.2 Å². The number of hydrogen-bond acceptors (Lipinski definition) is 4. The Bertz CT molecular complexity index is 789. The number of esters is 1. The van der Waals surface area contributed by atoms with Gasteiger partial charge >= 0.3 is 5.97 Å². The molecule has 0 aliphatic heterocycles. The first-order valence-electron chi connectivity index (χ1n) is 8.18. The predicted octanol–water partition coefficient (Wildman–Crippen LogP) is 3.25. The molecular weight excluding hydrogens is 318 g/mol. The van der Waals surface area contributed by atoms with E-state index >= 15 is 0 Å². The highest BCUT2D eigenvalue weighted by molar-refractivity contribution is 5.94. The molecule has 25 heavy (non-hydrogen) atoms. The molecule has 0 saturated carbocycles. The van der Waals surface area contributed by atoms with Crippen LogP contribution in [0.3, 0.4) is 0 Å². The highest BCUT2D eigenvalue weighted by atomic mass is 16.5. The van der Waals surface area contributed by atoms with E-state index in [9.17, 15) is 9.59 Å². The van der Waals surface area contributed by atoms with Crippen molar-refractivity contribution < 1.29 is 14.3 Å². The van der Waals surface area contributed by atoms with Crippen molar-refractivity contribution in [2.24, 2.45) is 0 Å². The van der Waals surface area contributed by atoms with Crippen LogP contribution in [-0.2, 0) is 14.3 Å². The molecule has 1 heterocycles. The fraction of sp³-hybridized carbons (Fsp3) is 0.316. The molecule has 0 atom stereocenters. The van der Waals surface area contributed by atoms with Crippen LogP contribution in [-0.4, -0.2) is 28.3 Å². The van der Waals surface area contributed by atoms with Gasteiger partial charge in [-0.2, -0.15) is 5.10 Å². The number of ether oxygens (including phenoxy) is 1. The number of rotatable bonds is 6. The minimum absolute atomic E-state index is 0.332. The van der Waals surface area contributed by atoms with Gasteiger partial charge < -0.3 is 10.1 Å². The molecule has 1 aromatic carbocycles. The Morgan fingerprint density at radius 3 is 2.52 bits per heavy atom. The van der Waals surface area contributed by atoms with E-state index in [0.717, 1.165) is 23.4 Å². The Kier molecular flexibility index (Phi) is 6.11. The normalized spacial score (nSPS) is 10.9. The van der Waals surface area contributed by atoms with E-state index in [0.29, 0.717) is 11.4 Å². The fourth-order valence-corrected chi connectivity index (χ4v) is 2.34. The van der Waals surface area contributed by atoms with Crippen LogP contribution in [0.4, 0.5) is 5.69 Å². The number of carbonyl (C=O) groups is 2. The largest absolute Gasteiger partial charge is 0.452 e. The van der Waals surface area contributed by atoms with E-state index in [1.165, 1.54) is 6.08 Å². The molecule has 0 aliphatic carbocycles. The summed E-state index contributed by atoms with van der Waals surface area (Å²) >= 11 is 0. The molecule has 0 unspecified atom stereocenters. The number of carbonyl (C=O) groups excluding carboxylic acids is 2. The molecule has 6 nitrogen and oxygen atoms in total. The Hall–Kier alpha value is -2.89. The first-order chi connectivity index (χ1) is 11.9. The van der Waals surface area contributed by atoms with Crippen LogP contribution >= 0.6 is 0 Å². The number of amides is 1. The molecule has 0 fully saturated rings. The lowest BCUT2D eigenvalue weighted by molar-refractivity contribution is -0.142. The highest BCUT2D eigenvalue weighted by Gasteiger charge is 2.15. The summed E-state index contributed by atoms with van der Waals surface area (Å²) in [4.78, 5) is 23.4. The number of aromatic nitrogens is 2. The summed E-state index contributed by atoms with van der Waals surface area (Å²) in [5.74, 6) is -0.923. The second kappa shape index (κ2) is 8.28. The van der Waals surface area contributed by atoms with Crippen molar-refractivity contribution in [3.05, 3.63) is 53.4 Å². The number of aryl methyl sites for hydroxylation is 2. The van der Waals surface area contributed by atoms with Crippen LogP contribution in [0.5, 0.6) is 0 Å². The first kappa shape index (κ1) is 18.4. The lowest BCUT2D eigenvalue weighted by Gasteiger charge is -2.07. The lowest BCUT2D eigenvalue weighted by atomic mass is 10.2. The molecule has 0 saturated heterocycles. The van der Waals surface area contributed by atoms with Crippen LogP contribution in [0, 0.1) is 20.8 Å². The van der Waals surface area contributed by atoms with Crippen molar-refractivity contribution in [2.45, 2.75) is 34.1 Å². The van der Waals surface area contributed by atoms with E-state index in [-0.39, 0.29) is 6.61 Å². The van der Waals surface area contributed by atoms with Crippen LogP contribution in [0.2, 0.25) is 0 Å². The zero-order valence-corrected chi connectivity index (χ0v) is 15.0. The molecule has 0 spiro atoms. The minimum atomic E-state index is -0.527. The monoisotopic (exact) mass is 341 g/mol. The first-order valence-corrected chi connectivity index (χ1v) is 8.18. The van der Waals surface area contributed by atoms with Crippen LogP contribution in [0.25, 0.3) is 5.69 Å². The molecule has 0 aliphatic rings. The lowest BCUT2D eigenvalue weighted by Crippen LogP contribution is -2.20. The SMILES string of the molecule is CC/C=C/C(=O)OCC(=O)Nc1c(C)nn(-c2ccc(C)cc2)c1C. The Morgan fingerprint density at radius 2 is 1.88 bits per heavy atom. The number of hydrogen-bond donors (Lipinski definition) is 1. The van der Waals surface area contributed by atoms with Gasteiger partial charge in [0.05, 0.1) is 22.8 Å². The third kappa shape index (κ3) is 4.79. The minimum Gasteiger partial charge on any atom is -0.452 e. The number of allylic oxidation sites excluding steroid dienone is 1. The number of benzene rings is 1. The zero-order chi connectivity index (χ0) is 18.4. The molecule has 1 aromatic heterocycles. The molecule has 1 amide bonds. The Balaban J connectivity index is 2.07. The second-order valence-electron chi connectivity index (χ2n) is 5.76. The van der Waals surface area contributed by atoms with Gasteiger partial charge in [0.25, 0.3) is 5.91 Å². The third-order valence-corrected chi connectivity index (χ3v) is 3.67. The maximum atomic E-state index is 12.0. The maximum Gasteiger partial charge on any atom is 0.330 e. The molecule has 0 bridgehead atoms.